The number of carbonyl (C=O) groups excluding carboxylic acids is 2. The normalized spacial score (nSPS) is 16.4. The number of hydrogen-bond donors (Lipinski definition) is 6. The molecule has 2 amide bonds. The van der Waals surface area contributed by atoms with E-state index in [2.05, 4.69) is 58.2 Å². The predicted molar refractivity (Wildman–Crippen MR) is 186 cm³/mol. The molecule has 0 bridgehead atoms. The average Bonchev–Trinajstić information content (AvgIpc) is 3.58. The number of carbonyl (C=O) groups is 2. The summed E-state index contributed by atoms with van der Waals surface area (Å²) < 4.78 is 5.47. The number of nitrogens with one attached hydrogen (secondary N) is 3. The molecule has 0 saturated carbocycles. The Morgan fingerprint density at radius 3 is 2.60 bits per heavy atom. The van der Waals surface area contributed by atoms with Crippen LogP contribution in [0.2, 0.25) is 0 Å². The van der Waals surface area contributed by atoms with Crippen LogP contribution in [0.1, 0.15) is 62.2 Å². The largest absolute Gasteiger partial charge is 0.508 e. The van der Waals surface area contributed by atoms with Crippen molar-refractivity contribution in [3.63, 3.8) is 0 Å². The number of phenols is 2. The molecule has 1 atom stereocenters. The van der Waals surface area contributed by atoms with Crippen molar-refractivity contribution in [3.8, 4) is 17.2 Å². The molecule has 0 unspecified atom stereocenters. The number of piperidine rings is 1. The van der Waals surface area contributed by atoms with Crippen LogP contribution < -0.4 is 20.7 Å². The highest BCUT2D eigenvalue weighted by molar-refractivity contribution is 7.14. The van der Waals surface area contributed by atoms with Gasteiger partial charge in [0.25, 0.3) is 11.8 Å². The van der Waals surface area contributed by atoms with Crippen LogP contribution in [0.5, 0.6) is 17.2 Å². The second-order valence-electron chi connectivity index (χ2n) is 12.6. The van der Waals surface area contributed by atoms with Crippen molar-refractivity contribution in [2.75, 3.05) is 45.2 Å². The molecule has 3 heterocycles. The topological polar surface area (TPSA) is 143 Å². The fourth-order valence-electron chi connectivity index (χ4n) is 6.65. The molecule has 2 aliphatic heterocycles. The summed E-state index contributed by atoms with van der Waals surface area (Å²) in [5.41, 5.74) is 3.75. The number of ether oxygens (including phenoxy) is 1. The van der Waals surface area contributed by atoms with E-state index in [1.165, 1.54) is 23.0 Å². The van der Waals surface area contributed by atoms with Crippen molar-refractivity contribution < 1.29 is 29.6 Å². The second kappa shape index (κ2) is 14.8. The molecule has 1 aromatic heterocycles. The third-order valence-corrected chi connectivity index (χ3v) is 10.4. The lowest BCUT2D eigenvalue weighted by Crippen LogP contribution is -2.41. The van der Waals surface area contributed by atoms with Gasteiger partial charge in [-0.2, -0.15) is 0 Å². The third kappa shape index (κ3) is 7.34. The summed E-state index contributed by atoms with van der Waals surface area (Å²) in [5, 5.41) is 40.7. The zero-order chi connectivity index (χ0) is 33.7. The quantitative estimate of drug-likeness (QED) is 0.0942. The van der Waals surface area contributed by atoms with E-state index in [4.69, 9.17) is 4.74 Å². The summed E-state index contributed by atoms with van der Waals surface area (Å²) in [7, 11) is 2.14. The van der Waals surface area contributed by atoms with Crippen LogP contribution >= 0.6 is 11.3 Å². The number of anilines is 1. The average molecular weight is 671 g/mol. The highest BCUT2D eigenvalue weighted by atomic mass is 32.1. The minimum absolute atomic E-state index is 0.123. The summed E-state index contributed by atoms with van der Waals surface area (Å²) in [6.07, 6.45) is 2.49. The Morgan fingerprint density at radius 1 is 1.04 bits per heavy atom. The van der Waals surface area contributed by atoms with Gasteiger partial charge >= 0.3 is 0 Å². The number of aliphatic hydroxyl groups excluding tert-OH is 1. The molecule has 0 aliphatic carbocycles. The number of fused-ring (bicyclic) bond motifs is 1. The molecule has 11 heteroatoms. The number of aliphatic hydroxyl groups is 1. The Hall–Kier alpha value is -4.42. The molecule has 4 aromatic rings. The molecule has 6 rings (SSSR count). The zero-order valence-corrected chi connectivity index (χ0v) is 27.8. The van der Waals surface area contributed by atoms with E-state index in [0.717, 1.165) is 54.8 Å². The maximum Gasteiger partial charge on any atom is 0.262 e. The maximum absolute atomic E-state index is 12.9. The smallest absolute Gasteiger partial charge is 0.262 e. The number of benzene rings is 3. The molecule has 252 valence electrons. The molecule has 1 fully saturated rings. The lowest BCUT2D eigenvalue weighted by atomic mass is 9.67. The van der Waals surface area contributed by atoms with E-state index >= 15 is 0 Å². The molecule has 6 N–H and O–H groups in total. The Morgan fingerprint density at radius 2 is 1.81 bits per heavy atom. The summed E-state index contributed by atoms with van der Waals surface area (Å²) in [6, 6.07) is 23.1. The number of likely N-dealkylation sites (tertiary alicyclic amines) is 1. The first-order valence-electron chi connectivity index (χ1n) is 16.3. The van der Waals surface area contributed by atoms with Crippen molar-refractivity contribution in [3.05, 3.63) is 105 Å². The predicted octanol–water partition coefficient (Wildman–Crippen LogP) is 4.69. The van der Waals surface area contributed by atoms with Crippen molar-refractivity contribution in [1.29, 1.82) is 0 Å². The molecule has 3 aromatic carbocycles. The van der Waals surface area contributed by atoms with Crippen molar-refractivity contribution in [2.45, 2.75) is 43.7 Å². The van der Waals surface area contributed by atoms with E-state index in [1.54, 1.807) is 12.1 Å². The lowest BCUT2D eigenvalue weighted by molar-refractivity contribution is -0.118. The van der Waals surface area contributed by atoms with Gasteiger partial charge in [-0.3, -0.25) is 9.59 Å². The Bertz CT molecular complexity index is 1750. The third-order valence-electron chi connectivity index (χ3n) is 9.33. The minimum atomic E-state index is -0.935. The van der Waals surface area contributed by atoms with Crippen LogP contribution in [0, 0.1) is 0 Å². The SMILES string of the molecule is CN1CCC(c2ccccc2)(c2cc(CCCNC(=O)c3ccc(CNC[C@H](O)c4ccc(O)c5c4OCC(=O)N5)s3)ccc2O)CC1. The summed E-state index contributed by atoms with van der Waals surface area (Å²) in [5.74, 6) is -0.0200. The van der Waals surface area contributed by atoms with Crippen LogP contribution in [0.15, 0.2) is 72.8 Å². The lowest BCUT2D eigenvalue weighted by Gasteiger charge is -2.42. The van der Waals surface area contributed by atoms with Gasteiger partial charge in [0.1, 0.15) is 17.2 Å². The van der Waals surface area contributed by atoms with Gasteiger partial charge in [-0.25, -0.2) is 0 Å². The van der Waals surface area contributed by atoms with Gasteiger partial charge in [0.05, 0.1) is 11.0 Å². The number of rotatable bonds is 12. The van der Waals surface area contributed by atoms with E-state index in [-0.39, 0.29) is 47.6 Å². The number of phenolic OH excluding ortho intramolecular Hbond substituents is 2. The first-order chi connectivity index (χ1) is 23.2. The highest BCUT2D eigenvalue weighted by Gasteiger charge is 2.39. The van der Waals surface area contributed by atoms with Gasteiger partial charge in [0.2, 0.25) is 0 Å². The molecular formula is C37H42N4O6S. The number of amides is 2. The van der Waals surface area contributed by atoms with Gasteiger partial charge in [0, 0.05) is 41.1 Å². The van der Waals surface area contributed by atoms with Crippen molar-refractivity contribution in [2.24, 2.45) is 0 Å². The Labute approximate surface area is 284 Å². The fourth-order valence-corrected chi connectivity index (χ4v) is 7.55. The van der Waals surface area contributed by atoms with E-state index in [1.807, 2.05) is 24.3 Å². The van der Waals surface area contributed by atoms with Gasteiger partial charge in [-0.1, -0.05) is 42.5 Å². The Balaban J connectivity index is 0.993. The minimum Gasteiger partial charge on any atom is -0.508 e. The zero-order valence-electron chi connectivity index (χ0n) is 27.0. The van der Waals surface area contributed by atoms with E-state index in [9.17, 15) is 24.9 Å². The Kier molecular flexibility index (Phi) is 10.3. The number of aryl methyl sites for hydroxylation is 1. The monoisotopic (exact) mass is 670 g/mol. The summed E-state index contributed by atoms with van der Waals surface area (Å²) in [4.78, 5) is 28.4. The first kappa shape index (κ1) is 33.5. The van der Waals surface area contributed by atoms with Crippen LogP contribution in [0.25, 0.3) is 0 Å². The molecular weight excluding hydrogens is 628 g/mol. The van der Waals surface area contributed by atoms with Gasteiger partial charge < -0.3 is 40.9 Å². The van der Waals surface area contributed by atoms with Crippen LogP contribution in [-0.2, 0) is 23.2 Å². The van der Waals surface area contributed by atoms with Crippen molar-refractivity contribution >= 4 is 28.8 Å². The fraction of sp³-hybridized carbons (Fsp3) is 0.351. The first-order valence-corrected chi connectivity index (χ1v) is 17.2. The van der Waals surface area contributed by atoms with Gasteiger partial charge in [0.15, 0.2) is 12.4 Å². The van der Waals surface area contributed by atoms with Crippen LogP contribution in [0.3, 0.4) is 0 Å². The molecule has 0 radical (unpaired) electrons. The molecule has 1 saturated heterocycles. The molecule has 10 nitrogen and oxygen atoms in total. The van der Waals surface area contributed by atoms with Gasteiger partial charge in [-0.15, -0.1) is 11.3 Å². The maximum atomic E-state index is 12.9. The van der Waals surface area contributed by atoms with E-state index in [0.29, 0.717) is 29.3 Å². The number of hydrogen-bond acceptors (Lipinski definition) is 9. The van der Waals surface area contributed by atoms with Crippen molar-refractivity contribution in [1.82, 2.24) is 15.5 Å². The van der Waals surface area contributed by atoms with Crippen LogP contribution in [-0.4, -0.2) is 71.9 Å². The standard InChI is InChI=1S/C37H42N4O6S/c1-41-18-15-37(16-19-41,25-7-3-2-4-8-25)28-20-24(9-12-29(28)42)6-5-17-39-36(46)32-14-10-26(48-32)21-38-22-31(44)27-11-13-30(43)34-35(27)47-23-33(45)40-34/h2-4,7-14,20,31,38,42-44H,5-6,15-19,21-23H2,1H3,(H,39,46)(H,40,45)/t31-/m0/s1. The second-order valence-corrected chi connectivity index (χ2v) is 13.8. The summed E-state index contributed by atoms with van der Waals surface area (Å²) in [6.45, 7) is 2.93. The van der Waals surface area contributed by atoms with Gasteiger partial charge in [-0.05, 0) is 87.3 Å². The van der Waals surface area contributed by atoms with E-state index < -0.39 is 6.10 Å². The molecule has 2 aliphatic rings. The van der Waals surface area contributed by atoms with Crippen LogP contribution in [0.4, 0.5) is 5.69 Å². The summed E-state index contributed by atoms with van der Waals surface area (Å²) >= 11 is 1.39. The molecule has 48 heavy (non-hydrogen) atoms. The number of thiophene rings is 1. The highest BCUT2D eigenvalue weighted by Crippen LogP contribution is 2.45. The number of aromatic hydroxyl groups is 2. The number of nitrogens with zero attached hydrogens (tertiary/aromatic N) is 1. The molecule has 0 spiro atoms.